The van der Waals surface area contributed by atoms with E-state index in [4.69, 9.17) is 17.3 Å². The highest BCUT2D eigenvalue weighted by atomic mass is 35.5. The Hall–Kier alpha value is -1.42. The maximum atomic E-state index is 13.5. The van der Waals surface area contributed by atoms with Crippen molar-refractivity contribution >= 4 is 17.3 Å². The van der Waals surface area contributed by atoms with E-state index in [1.807, 2.05) is 0 Å². The number of allylic oxidation sites excluding steroid dienone is 2. The Morgan fingerprint density at radius 3 is 2.44 bits per heavy atom. The quantitative estimate of drug-likeness (QED) is 0.799. The third kappa shape index (κ3) is 2.58. The summed E-state index contributed by atoms with van der Waals surface area (Å²) in [6.45, 7) is 1.58. The lowest BCUT2D eigenvalue weighted by molar-refractivity contribution is 0.582. The van der Waals surface area contributed by atoms with Crippen molar-refractivity contribution in [1.82, 2.24) is 0 Å². The van der Waals surface area contributed by atoms with Crippen LogP contribution in [0.25, 0.3) is 0 Å². The number of rotatable bonds is 2. The van der Waals surface area contributed by atoms with E-state index in [0.29, 0.717) is 5.70 Å². The van der Waals surface area contributed by atoms with Crippen molar-refractivity contribution in [2.45, 2.75) is 6.92 Å². The zero-order valence-corrected chi connectivity index (χ0v) is 9.65. The van der Waals surface area contributed by atoms with Gasteiger partial charge < -0.3 is 5.73 Å². The minimum absolute atomic E-state index is 0.124. The minimum Gasteiger partial charge on any atom is -0.401 e. The topological polar surface area (TPSA) is 38.4 Å². The highest BCUT2D eigenvalue weighted by Gasteiger charge is 2.14. The summed E-state index contributed by atoms with van der Waals surface area (Å²) in [6, 6.07) is 3.19. The molecule has 0 saturated carbocycles. The number of halogens is 3. The summed E-state index contributed by atoms with van der Waals surface area (Å²) < 4.78 is 26.2. The van der Waals surface area contributed by atoms with Gasteiger partial charge in [0.25, 0.3) is 0 Å². The van der Waals surface area contributed by atoms with Crippen molar-refractivity contribution in [2.75, 3.05) is 7.05 Å². The maximum absolute atomic E-state index is 13.5. The predicted molar refractivity (Wildman–Crippen MR) is 61.6 cm³/mol. The molecule has 0 unspecified atom stereocenters. The summed E-state index contributed by atoms with van der Waals surface area (Å²) in [7, 11) is 1.46. The number of nitrogens with zero attached hydrogens (tertiary/aromatic N) is 1. The molecule has 1 aromatic carbocycles. The third-order valence-electron chi connectivity index (χ3n) is 1.96. The van der Waals surface area contributed by atoms with Gasteiger partial charge in [-0.2, -0.15) is 0 Å². The summed E-state index contributed by atoms with van der Waals surface area (Å²) >= 11 is 5.89. The molecule has 0 amide bonds. The first-order chi connectivity index (χ1) is 7.47. The summed E-state index contributed by atoms with van der Waals surface area (Å²) in [5.74, 6) is -1.37. The van der Waals surface area contributed by atoms with Gasteiger partial charge in [0.05, 0.1) is 10.7 Å². The first-order valence-corrected chi connectivity index (χ1v) is 4.89. The van der Waals surface area contributed by atoms with E-state index in [0.717, 1.165) is 12.1 Å². The van der Waals surface area contributed by atoms with Gasteiger partial charge in [-0.05, 0) is 19.1 Å². The fourth-order valence-electron chi connectivity index (χ4n) is 1.21. The lowest BCUT2D eigenvalue weighted by Gasteiger charge is -2.07. The normalized spacial score (nSPS) is 13.7. The molecule has 0 atom stereocenters. The van der Waals surface area contributed by atoms with Gasteiger partial charge >= 0.3 is 0 Å². The Bertz CT molecular complexity index is 463. The van der Waals surface area contributed by atoms with Crippen LogP contribution in [0.5, 0.6) is 0 Å². The second kappa shape index (κ2) is 5.07. The molecule has 0 fully saturated rings. The first kappa shape index (κ1) is 12.6. The molecule has 0 aliphatic heterocycles. The smallest absolute Gasteiger partial charge is 0.135 e. The number of aliphatic imine (C=N–C) groups is 1. The Kier molecular flexibility index (Phi) is 4.01. The Morgan fingerprint density at radius 2 is 2.00 bits per heavy atom. The van der Waals surface area contributed by atoms with E-state index in [9.17, 15) is 8.78 Å². The van der Waals surface area contributed by atoms with Crippen molar-refractivity contribution in [2.24, 2.45) is 10.7 Å². The molecule has 0 spiro atoms. The number of nitrogens with two attached hydrogens (primary N) is 1. The molecule has 0 aromatic heterocycles. The molecular formula is C11H11ClF2N2. The van der Waals surface area contributed by atoms with E-state index in [2.05, 4.69) is 4.99 Å². The average Bonchev–Trinajstić information content (AvgIpc) is 2.21. The van der Waals surface area contributed by atoms with Crippen LogP contribution in [-0.2, 0) is 0 Å². The molecule has 0 heterocycles. The van der Waals surface area contributed by atoms with Gasteiger partial charge in [0, 0.05) is 24.4 Å². The molecule has 5 heteroatoms. The van der Waals surface area contributed by atoms with Crippen molar-refractivity contribution < 1.29 is 8.78 Å². The predicted octanol–water partition coefficient (Wildman–Crippen LogP) is 2.81. The maximum Gasteiger partial charge on any atom is 0.135 e. The number of hydrogen-bond acceptors (Lipinski definition) is 2. The van der Waals surface area contributed by atoms with Gasteiger partial charge in [-0.3, -0.25) is 4.99 Å². The number of hydrogen-bond donors (Lipinski definition) is 1. The zero-order valence-electron chi connectivity index (χ0n) is 8.89. The van der Waals surface area contributed by atoms with Gasteiger partial charge in [0.2, 0.25) is 0 Å². The molecule has 1 aromatic rings. The van der Waals surface area contributed by atoms with E-state index in [1.165, 1.54) is 13.1 Å². The van der Waals surface area contributed by atoms with Crippen LogP contribution in [0.2, 0.25) is 0 Å². The zero-order chi connectivity index (χ0) is 12.3. The highest BCUT2D eigenvalue weighted by Crippen LogP contribution is 2.18. The van der Waals surface area contributed by atoms with Crippen LogP contribution >= 0.6 is 11.6 Å². The molecule has 16 heavy (non-hydrogen) atoms. The van der Waals surface area contributed by atoms with E-state index < -0.39 is 11.6 Å². The second-order valence-corrected chi connectivity index (χ2v) is 3.57. The second-order valence-electron chi connectivity index (χ2n) is 3.19. The van der Waals surface area contributed by atoms with Gasteiger partial charge in [0.15, 0.2) is 0 Å². The van der Waals surface area contributed by atoms with Crippen LogP contribution in [0.3, 0.4) is 0 Å². The molecule has 0 bridgehead atoms. The summed E-state index contributed by atoms with van der Waals surface area (Å²) in [5.41, 5.74) is 6.16. The van der Waals surface area contributed by atoms with E-state index in [1.54, 1.807) is 6.92 Å². The molecule has 2 N–H and O–H groups in total. The van der Waals surface area contributed by atoms with Crippen molar-refractivity contribution in [3.8, 4) is 0 Å². The lowest BCUT2D eigenvalue weighted by Crippen LogP contribution is -2.09. The van der Waals surface area contributed by atoms with E-state index in [-0.39, 0.29) is 16.3 Å². The summed E-state index contributed by atoms with van der Waals surface area (Å²) in [4.78, 5) is 3.85. The van der Waals surface area contributed by atoms with Crippen molar-refractivity contribution in [3.05, 3.63) is 46.1 Å². The first-order valence-electron chi connectivity index (χ1n) is 4.51. The van der Waals surface area contributed by atoms with Gasteiger partial charge in [-0.15, -0.1) is 0 Å². The molecule has 0 radical (unpaired) electrons. The van der Waals surface area contributed by atoms with Crippen molar-refractivity contribution in [3.63, 3.8) is 0 Å². The Balaban J connectivity index is 3.32. The van der Waals surface area contributed by atoms with Crippen LogP contribution in [0, 0.1) is 11.6 Å². The van der Waals surface area contributed by atoms with Crippen LogP contribution in [0.15, 0.2) is 33.9 Å². The molecule has 0 aliphatic rings. The van der Waals surface area contributed by atoms with Gasteiger partial charge in [-0.1, -0.05) is 11.6 Å². The minimum atomic E-state index is -0.722. The third-order valence-corrected chi connectivity index (χ3v) is 2.44. The lowest BCUT2D eigenvalue weighted by atomic mass is 10.1. The van der Waals surface area contributed by atoms with Gasteiger partial charge in [0.1, 0.15) is 11.6 Å². The Labute approximate surface area is 97.4 Å². The average molecular weight is 245 g/mol. The van der Waals surface area contributed by atoms with Crippen LogP contribution < -0.4 is 5.73 Å². The number of benzene rings is 1. The van der Waals surface area contributed by atoms with Crippen molar-refractivity contribution in [1.29, 1.82) is 0 Å². The SMILES string of the molecule is CN=C(C(Cl)=C(C)N)c1ccc(F)cc1F. The van der Waals surface area contributed by atoms with Crippen LogP contribution in [0.4, 0.5) is 8.78 Å². The molecule has 2 nitrogen and oxygen atoms in total. The van der Waals surface area contributed by atoms with Gasteiger partial charge in [-0.25, -0.2) is 8.78 Å². The largest absolute Gasteiger partial charge is 0.401 e. The Morgan fingerprint density at radius 1 is 1.38 bits per heavy atom. The molecule has 0 saturated heterocycles. The fraction of sp³-hybridized carbons (Fsp3) is 0.182. The standard InChI is InChI=1S/C11H11ClF2N2/c1-6(15)10(12)11(16-2)8-4-3-7(13)5-9(8)14/h3-5H,15H2,1-2H3. The summed E-state index contributed by atoms with van der Waals surface area (Å²) in [5, 5.41) is 0.160. The van der Waals surface area contributed by atoms with Crippen LogP contribution in [-0.4, -0.2) is 12.8 Å². The molecule has 86 valence electrons. The van der Waals surface area contributed by atoms with E-state index >= 15 is 0 Å². The monoisotopic (exact) mass is 244 g/mol. The highest BCUT2D eigenvalue weighted by molar-refractivity contribution is 6.46. The molecule has 1 rings (SSSR count). The molecule has 0 aliphatic carbocycles. The van der Waals surface area contributed by atoms with Crippen LogP contribution in [0.1, 0.15) is 12.5 Å². The summed E-state index contributed by atoms with van der Waals surface area (Å²) in [6.07, 6.45) is 0. The fourth-order valence-corrected chi connectivity index (χ4v) is 1.39. The molecular weight excluding hydrogens is 234 g/mol.